The van der Waals surface area contributed by atoms with E-state index in [0.29, 0.717) is 18.7 Å². The Bertz CT molecular complexity index is 694. The Hall–Kier alpha value is -2.89. The fraction of sp³-hybridized carbons (Fsp3) is 0.188. The third-order valence-corrected chi connectivity index (χ3v) is 3.28. The lowest BCUT2D eigenvalue weighted by molar-refractivity contribution is 0.0600. The predicted octanol–water partition coefficient (Wildman–Crippen LogP) is 1.96. The summed E-state index contributed by atoms with van der Waals surface area (Å²) < 4.78 is 8.46. The average Bonchev–Trinajstić information content (AvgIpc) is 3.20. The number of nitrogens with zero attached hydrogens (tertiary/aromatic N) is 4. The summed E-state index contributed by atoms with van der Waals surface area (Å²) in [6.45, 7) is 1.20. The molecule has 6 nitrogen and oxygen atoms in total. The van der Waals surface area contributed by atoms with E-state index >= 15 is 0 Å². The Labute approximate surface area is 127 Å². The van der Waals surface area contributed by atoms with Gasteiger partial charge in [-0.15, -0.1) is 0 Å². The minimum Gasteiger partial charge on any atom is -0.465 e. The van der Waals surface area contributed by atoms with Crippen LogP contribution in [0, 0.1) is 0 Å². The zero-order valence-corrected chi connectivity index (χ0v) is 12.2. The highest BCUT2D eigenvalue weighted by Crippen LogP contribution is 2.14. The molecule has 0 radical (unpaired) electrons. The highest BCUT2D eigenvalue weighted by Gasteiger charge is 2.10. The number of benzene rings is 1. The second-order valence-corrected chi connectivity index (χ2v) is 4.94. The zero-order chi connectivity index (χ0) is 15.4. The van der Waals surface area contributed by atoms with Crippen LogP contribution in [0.15, 0.2) is 55.1 Å². The molecule has 0 amide bonds. The fourth-order valence-corrected chi connectivity index (χ4v) is 2.34. The van der Waals surface area contributed by atoms with Crippen molar-refractivity contribution in [1.82, 2.24) is 19.6 Å². The van der Waals surface area contributed by atoms with Crippen LogP contribution in [-0.4, -0.2) is 32.6 Å². The molecule has 0 saturated carbocycles. The molecule has 0 spiro atoms. The Morgan fingerprint density at radius 3 is 1.95 bits per heavy atom. The van der Waals surface area contributed by atoms with Gasteiger partial charge < -0.3 is 4.74 Å². The van der Waals surface area contributed by atoms with Crippen LogP contribution in [0.25, 0.3) is 0 Å². The fourth-order valence-electron chi connectivity index (χ4n) is 2.34. The van der Waals surface area contributed by atoms with Gasteiger partial charge in [-0.1, -0.05) is 6.07 Å². The van der Waals surface area contributed by atoms with Crippen molar-refractivity contribution >= 4 is 5.97 Å². The van der Waals surface area contributed by atoms with Crippen molar-refractivity contribution in [2.45, 2.75) is 13.1 Å². The van der Waals surface area contributed by atoms with E-state index in [4.69, 9.17) is 4.74 Å². The lowest BCUT2D eigenvalue weighted by atomic mass is 10.1. The van der Waals surface area contributed by atoms with Crippen LogP contribution >= 0.6 is 0 Å². The van der Waals surface area contributed by atoms with Gasteiger partial charge in [0.2, 0.25) is 0 Å². The normalized spacial score (nSPS) is 10.6. The Morgan fingerprint density at radius 1 is 1.00 bits per heavy atom. The summed E-state index contributed by atoms with van der Waals surface area (Å²) in [6, 6.07) is 9.46. The van der Waals surface area contributed by atoms with Crippen LogP contribution in [0.1, 0.15) is 21.5 Å². The van der Waals surface area contributed by atoms with E-state index in [1.807, 2.05) is 46.0 Å². The van der Waals surface area contributed by atoms with Gasteiger partial charge in [-0.3, -0.25) is 9.36 Å². The summed E-state index contributed by atoms with van der Waals surface area (Å²) >= 11 is 0. The SMILES string of the molecule is COC(=O)c1cc(Cn2cccn2)cc(Cn2cccn2)c1. The first-order valence-corrected chi connectivity index (χ1v) is 6.90. The molecule has 0 aliphatic carbocycles. The lowest BCUT2D eigenvalue weighted by Gasteiger charge is -2.09. The predicted molar refractivity (Wildman–Crippen MR) is 80.4 cm³/mol. The van der Waals surface area contributed by atoms with E-state index < -0.39 is 0 Å². The Morgan fingerprint density at radius 2 is 1.55 bits per heavy atom. The van der Waals surface area contributed by atoms with E-state index in [1.54, 1.807) is 12.4 Å². The molecule has 0 atom stereocenters. The third-order valence-electron chi connectivity index (χ3n) is 3.28. The summed E-state index contributed by atoms with van der Waals surface area (Å²) in [7, 11) is 1.38. The van der Waals surface area contributed by atoms with E-state index in [0.717, 1.165) is 11.1 Å². The van der Waals surface area contributed by atoms with Crippen LogP contribution in [0.4, 0.5) is 0 Å². The lowest BCUT2D eigenvalue weighted by Crippen LogP contribution is -2.08. The van der Waals surface area contributed by atoms with Crippen LogP contribution < -0.4 is 0 Å². The Kier molecular flexibility index (Phi) is 4.00. The maximum atomic E-state index is 11.9. The van der Waals surface area contributed by atoms with Gasteiger partial charge in [-0.25, -0.2) is 4.79 Å². The number of esters is 1. The number of methoxy groups -OCH3 is 1. The van der Waals surface area contributed by atoms with E-state index in [2.05, 4.69) is 16.3 Å². The van der Waals surface area contributed by atoms with E-state index in [9.17, 15) is 4.79 Å². The molecule has 2 heterocycles. The van der Waals surface area contributed by atoms with Crippen LogP contribution in [-0.2, 0) is 17.8 Å². The Balaban J connectivity index is 1.92. The molecule has 0 bridgehead atoms. The van der Waals surface area contributed by atoms with Crippen molar-refractivity contribution in [3.8, 4) is 0 Å². The zero-order valence-electron chi connectivity index (χ0n) is 12.2. The number of ether oxygens (including phenoxy) is 1. The highest BCUT2D eigenvalue weighted by atomic mass is 16.5. The summed E-state index contributed by atoms with van der Waals surface area (Å²) in [4.78, 5) is 11.9. The van der Waals surface area contributed by atoms with Crippen LogP contribution in [0.5, 0.6) is 0 Å². The molecule has 3 aromatic rings. The van der Waals surface area contributed by atoms with Gasteiger partial charge in [0.25, 0.3) is 0 Å². The topological polar surface area (TPSA) is 61.9 Å². The molecule has 0 aliphatic rings. The van der Waals surface area contributed by atoms with Gasteiger partial charge >= 0.3 is 5.97 Å². The number of aromatic nitrogens is 4. The molecule has 6 heteroatoms. The van der Waals surface area contributed by atoms with E-state index in [1.165, 1.54) is 7.11 Å². The van der Waals surface area contributed by atoms with Gasteiger partial charge in [0.15, 0.2) is 0 Å². The number of hydrogen-bond donors (Lipinski definition) is 0. The largest absolute Gasteiger partial charge is 0.465 e. The maximum absolute atomic E-state index is 11.9. The van der Waals surface area contributed by atoms with Gasteiger partial charge in [0, 0.05) is 24.8 Å². The monoisotopic (exact) mass is 296 g/mol. The molecule has 2 aromatic heterocycles. The summed E-state index contributed by atoms with van der Waals surface area (Å²) in [5.74, 6) is -0.343. The van der Waals surface area contributed by atoms with Crippen LogP contribution in [0.3, 0.4) is 0 Å². The second-order valence-electron chi connectivity index (χ2n) is 4.94. The number of carbonyl (C=O) groups is 1. The molecule has 1 aromatic carbocycles. The molecule has 0 N–H and O–H groups in total. The van der Waals surface area contributed by atoms with Crippen LogP contribution in [0.2, 0.25) is 0 Å². The standard InChI is InChI=1S/C16H16N4O2/c1-22-16(21)15-9-13(11-19-6-2-4-17-19)8-14(10-15)12-20-7-3-5-18-20/h2-10H,11-12H2,1H3. The summed E-state index contributed by atoms with van der Waals surface area (Å²) in [5.41, 5.74) is 2.52. The van der Waals surface area contributed by atoms with Crippen molar-refractivity contribution in [3.05, 3.63) is 71.8 Å². The number of rotatable bonds is 5. The second kappa shape index (κ2) is 6.26. The number of hydrogen-bond acceptors (Lipinski definition) is 4. The van der Waals surface area contributed by atoms with Crippen molar-refractivity contribution < 1.29 is 9.53 Å². The first kappa shape index (κ1) is 14.1. The molecular formula is C16H16N4O2. The first-order valence-electron chi connectivity index (χ1n) is 6.90. The molecule has 3 rings (SSSR count). The summed E-state index contributed by atoms with van der Waals surface area (Å²) in [5, 5.41) is 8.39. The van der Waals surface area contributed by atoms with E-state index in [-0.39, 0.29) is 5.97 Å². The summed E-state index contributed by atoms with van der Waals surface area (Å²) in [6.07, 6.45) is 7.24. The third kappa shape index (κ3) is 3.22. The van der Waals surface area contributed by atoms with Crippen molar-refractivity contribution in [2.75, 3.05) is 7.11 Å². The average molecular weight is 296 g/mol. The van der Waals surface area contributed by atoms with Crippen molar-refractivity contribution in [1.29, 1.82) is 0 Å². The smallest absolute Gasteiger partial charge is 0.337 e. The molecule has 0 fully saturated rings. The van der Waals surface area contributed by atoms with Gasteiger partial charge in [0.05, 0.1) is 25.8 Å². The molecule has 112 valence electrons. The van der Waals surface area contributed by atoms with Gasteiger partial charge in [-0.2, -0.15) is 10.2 Å². The molecule has 0 unspecified atom stereocenters. The molecule has 0 saturated heterocycles. The minimum atomic E-state index is -0.343. The minimum absolute atomic E-state index is 0.343. The van der Waals surface area contributed by atoms with Gasteiger partial charge in [-0.05, 0) is 35.4 Å². The maximum Gasteiger partial charge on any atom is 0.337 e. The molecular weight excluding hydrogens is 280 g/mol. The van der Waals surface area contributed by atoms with Gasteiger partial charge in [0.1, 0.15) is 0 Å². The molecule has 0 aliphatic heterocycles. The molecule has 22 heavy (non-hydrogen) atoms. The quantitative estimate of drug-likeness (QED) is 0.675. The highest BCUT2D eigenvalue weighted by molar-refractivity contribution is 5.89. The van der Waals surface area contributed by atoms with Crippen molar-refractivity contribution in [3.63, 3.8) is 0 Å². The number of carbonyl (C=O) groups excluding carboxylic acids is 1. The van der Waals surface area contributed by atoms with Crippen molar-refractivity contribution in [2.24, 2.45) is 0 Å². The first-order chi connectivity index (χ1) is 10.7.